The van der Waals surface area contributed by atoms with E-state index in [9.17, 15) is 8.42 Å². The van der Waals surface area contributed by atoms with E-state index >= 15 is 0 Å². The molecule has 2 aromatic rings. The third-order valence-electron chi connectivity index (χ3n) is 2.97. The minimum absolute atomic E-state index is 0.295. The normalized spacial score (nSPS) is 11.9. The molecule has 0 saturated heterocycles. The average molecular weight is 346 g/mol. The van der Waals surface area contributed by atoms with Crippen molar-refractivity contribution in [2.75, 3.05) is 13.1 Å². The van der Waals surface area contributed by atoms with Gasteiger partial charge in [0.25, 0.3) is 0 Å². The molecular formula is C13H19N3O2S3. The predicted octanol–water partition coefficient (Wildman–Crippen LogP) is 2.14. The van der Waals surface area contributed by atoms with Crippen LogP contribution in [0.2, 0.25) is 0 Å². The van der Waals surface area contributed by atoms with Gasteiger partial charge in [0.05, 0.1) is 11.2 Å². The number of thiazole rings is 1. The standard InChI is InChI=1S/C13H19N3O2S3/c1-3-14-7-6-11-4-5-13(20-11)21(17,18)16-8-12-10(2)15-9-19-12/h4-5,9,14,16H,3,6-8H2,1-2H3. The van der Waals surface area contributed by atoms with Gasteiger partial charge >= 0.3 is 0 Å². The number of hydrogen-bond acceptors (Lipinski definition) is 6. The zero-order valence-corrected chi connectivity index (χ0v) is 14.5. The van der Waals surface area contributed by atoms with E-state index in [1.807, 2.05) is 13.0 Å². The van der Waals surface area contributed by atoms with E-state index in [1.54, 1.807) is 11.6 Å². The first-order chi connectivity index (χ1) is 10.0. The zero-order valence-electron chi connectivity index (χ0n) is 12.0. The number of rotatable bonds is 8. The fourth-order valence-corrected chi connectivity index (χ4v) is 4.96. The Kier molecular flexibility index (Phi) is 5.88. The molecule has 5 nitrogen and oxygen atoms in total. The molecule has 0 aliphatic heterocycles. The van der Waals surface area contributed by atoms with Gasteiger partial charge < -0.3 is 5.32 Å². The number of nitrogens with one attached hydrogen (secondary N) is 2. The third kappa shape index (κ3) is 4.58. The van der Waals surface area contributed by atoms with Crippen LogP contribution in [0.4, 0.5) is 0 Å². The minimum Gasteiger partial charge on any atom is -0.317 e. The largest absolute Gasteiger partial charge is 0.317 e. The molecule has 0 aliphatic rings. The second kappa shape index (κ2) is 7.46. The zero-order chi connectivity index (χ0) is 15.3. The number of hydrogen-bond donors (Lipinski definition) is 2. The molecule has 116 valence electrons. The molecule has 0 fully saturated rings. The summed E-state index contributed by atoms with van der Waals surface area (Å²) in [4.78, 5) is 6.14. The van der Waals surface area contributed by atoms with Crippen LogP contribution in [0.3, 0.4) is 0 Å². The Hall–Kier alpha value is -0.800. The first-order valence-corrected chi connectivity index (χ1v) is 9.89. The molecule has 2 N–H and O–H groups in total. The van der Waals surface area contributed by atoms with Crippen molar-refractivity contribution in [2.24, 2.45) is 0 Å². The van der Waals surface area contributed by atoms with Gasteiger partial charge in [-0.1, -0.05) is 6.92 Å². The highest BCUT2D eigenvalue weighted by Crippen LogP contribution is 2.22. The number of nitrogens with zero attached hydrogens (tertiary/aromatic N) is 1. The van der Waals surface area contributed by atoms with Crippen molar-refractivity contribution in [2.45, 2.75) is 31.0 Å². The Morgan fingerprint density at radius 1 is 1.33 bits per heavy atom. The highest BCUT2D eigenvalue weighted by atomic mass is 32.2. The molecule has 2 aromatic heterocycles. The second-order valence-corrected chi connectivity index (χ2v) is 8.61. The highest BCUT2D eigenvalue weighted by Gasteiger charge is 2.17. The first kappa shape index (κ1) is 16.6. The number of likely N-dealkylation sites (N-methyl/N-ethyl adjacent to an activating group) is 1. The molecule has 2 rings (SSSR count). The van der Waals surface area contributed by atoms with Crippen molar-refractivity contribution in [1.82, 2.24) is 15.0 Å². The van der Waals surface area contributed by atoms with Crippen LogP contribution < -0.4 is 10.0 Å². The van der Waals surface area contributed by atoms with Gasteiger partial charge in [-0.05, 0) is 38.6 Å². The van der Waals surface area contributed by atoms with Crippen molar-refractivity contribution < 1.29 is 8.42 Å². The molecule has 0 atom stereocenters. The van der Waals surface area contributed by atoms with Crippen molar-refractivity contribution in [3.05, 3.63) is 33.1 Å². The summed E-state index contributed by atoms with van der Waals surface area (Å²) in [6, 6.07) is 3.56. The molecule has 21 heavy (non-hydrogen) atoms. The molecule has 0 radical (unpaired) electrons. The second-order valence-electron chi connectivity index (χ2n) is 4.51. The van der Waals surface area contributed by atoms with Crippen LogP contribution in [0.25, 0.3) is 0 Å². The lowest BCUT2D eigenvalue weighted by Crippen LogP contribution is -2.22. The predicted molar refractivity (Wildman–Crippen MR) is 87.4 cm³/mol. The fraction of sp³-hybridized carbons (Fsp3) is 0.462. The Labute approximate surface area is 133 Å². The number of thiophene rings is 1. The summed E-state index contributed by atoms with van der Waals surface area (Å²) in [6.07, 6.45) is 0.849. The Bertz CT molecular complexity index is 676. The van der Waals surface area contributed by atoms with Gasteiger partial charge in [0.15, 0.2) is 0 Å². The van der Waals surface area contributed by atoms with E-state index in [0.717, 1.165) is 35.0 Å². The minimum atomic E-state index is -3.44. The summed E-state index contributed by atoms with van der Waals surface area (Å²) in [5.41, 5.74) is 2.60. The molecule has 2 heterocycles. The van der Waals surface area contributed by atoms with E-state index in [0.29, 0.717) is 10.8 Å². The quantitative estimate of drug-likeness (QED) is 0.719. The maximum Gasteiger partial charge on any atom is 0.250 e. The van der Waals surface area contributed by atoms with Crippen LogP contribution in [0.15, 0.2) is 21.9 Å². The van der Waals surface area contributed by atoms with Gasteiger partial charge in [-0.25, -0.2) is 18.1 Å². The van der Waals surface area contributed by atoms with Crippen LogP contribution in [-0.4, -0.2) is 26.5 Å². The summed E-state index contributed by atoms with van der Waals surface area (Å²) in [6.45, 7) is 6.01. The van der Waals surface area contributed by atoms with Gasteiger partial charge in [-0.15, -0.1) is 22.7 Å². The lowest BCUT2D eigenvalue weighted by atomic mass is 10.3. The van der Waals surface area contributed by atoms with Gasteiger partial charge in [-0.2, -0.15) is 0 Å². The van der Waals surface area contributed by atoms with Crippen molar-refractivity contribution in [1.29, 1.82) is 0 Å². The monoisotopic (exact) mass is 345 g/mol. The van der Waals surface area contributed by atoms with Gasteiger partial charge in [0, 0.05) is 16.3 Å². The summed E-state index contributed by atoms with van der Waals surface area (Å²) in [5, 5.41) is 3.23. The summed E-state index contributed by atoms with van der Waals surface area (Å²) in [7, 11) is -3.44. The number of aromatic nitrogens is 1. The third-order valence-corrected chi connectivity index (χ3v) is 6.94. The molecule has 0 bridgehead atoms. The molecule has 8 heteroatoms. The average Bonchev–Trinajstić information content (AvgIpc) is 3.06. The van der Waals surface area contributed by atoms with Crippen LogP contribution in [0.5, 0.6) is 0 Å². The van der Waals surface area contributed by atoms with Crippen LogP contribution in [0, 0.1) is 6.92 Å². The van der Waals surface area contributed by atoms with E-state index in [4.69, 9.17) is 0 Å². The van der Waals surface area contributed by atoms with Crippen molar-refractivity contribution in [3.8, 4) is 0 Å². The van der Waals surface area contributed by atoms with E-state index in [2.05, 4.69) is 21.9 Å². The molecule has 0 spiro atoms. The molecule has 0 unspecified atom stereocenters. The Morgan fingerprint density at radius 2 is 2.14 bits per heavy atom. The highest BCUT2D eigenvalue weighted by molar-refractivity contribution is 7.91. The Balaban J connectivity index is 1.97. The van der Waals surface area contributed by atoms with Gasteiger partial charge in [-0.3, -0.25) is 0 Å². The van der Waals surface area contributed by atoms with Gasteiger partial charge in [0.2, 0.25) is 10.0 Å². The molecule has 0 amide bonds. The van der Waals surface area contributed by atoms with E-state index in [1.165, 1.54) is 22.7 Å². The SMILES string of the molecule is CCNCCc1ccc(S(=O)(=O)NCc2scnc2C)s1. The Morgan fingerprint density at radius 3 is 2.81 bits per heavy atom. The summed E-state index contributed by atoms with van der Waals surface area (Å²) in [5.74, 6) is 0. The summed E-state index contributed by atoms with van der Waals surface area (Å²) < 4.78 is 27.5. The topological polar surface area (TPSA) is 71.1 Å². The molecule has 0 aliphatic carbocycles. The van der Waals surface area contributed by atoms with Crippen LogP contribution in [-0.2, 0) is 23.0 Å². The lowest BCUT2D eigenvalue weighted by Gasteiger charge is -2.03. The summed E-state index contributed by atoms with van der Waals surface area (Å²) >= 11 is 2.79. The van der Waals surface area contributed by atoms with E-state index < -0.39 is 10.0 Å². The molecular weight excluding hydrogens is 326 g/mol. The number of aryl methyl sites for hydroxylation is 1. The maximum absolute atomic E-state index is 12.2. The van der Waals surface area contributed by atoms with Crippen LogP contribution >= 0.6 is 22.7 Å². The van der Waals surface area contributed by atoms with Crippen molar-refractivity contribution >= 4 is 32.7 Å². The van der Waals surface area contributed by atoms with Crippen molar-refractivity contribution in [3.63, 3.8) is 0 Å². The lowest BCUT2D eigenvalue weighted by molar-refractivity contribution is 0.584. The molecule has 0 aromatic carbocycles. The fourth-order valence-electron chi connectivity index (χ4n) is 1.75. The number of sulfonamides is 1. The maximum atomic E-state index is 12.2. The first-order valence-electron chi connectivity index (χ1n) is 6.71. The molecule has 0 saturated carbocycles. The van der Waals surface area contributed by atoms with Gasteiger partial charge in [0.1, 0.15) is 4.21 Å². The van der Waals surface area contributed by atoms with E-state index in [-0.39, 0.29) is 0 Å². The smallest absolute Gasteiger partial charge is 0.250 e. The van der Waals surface area contributed by atoms with Crippen LogP contribution in [0.1, 0.15) is 22.4 Å².